The van der Waals surface area contributed by atoms with Crippen molar-refractivity contribution in [1.29, 1.82) is 0 Å². The molecule has 5 rings (SSSR count). The van der Waals surface area contributed by atoms with E-state index in [0.717, 1.165) is 42.3 Å². The Labute approximate surface area is 245 Å². The topological polar surface area (TPSA) is 107 Å². The minimum atomic E-state index is -0.149. The number of rotatable bonds is 11. The van der Waals surface area contributed by atoms with Crippen LogP contribution < -0.4 is 34.5 Å². The Morgan fingerprint density at radius 1 is 0.929 bits per heavy atom. The molecule has 2 N–H and O–H groups in total. The maximum atomic E-state index is 13.2. The number of ether oxygens (including phenoxy) is 4. The Morgan fingerprint density at radius 2 is 1.69 bits per heavy atom. The summed E-state index contributed by atoms with van der Waals surface area (Å²) >= 11 is 0. The lowest BCUT2D eigenvalue weighted by Gasteiger charge is -2.33. The number of aromatic nitrogens is 2. The van der Waals surface area contributed by atoms with Crippen LogP contribution >= 0.6 is 0 Å². The molecule has 0 spiro atoms. The van der Waals surface area contributed by atoms with Gasteiger partial charge in [-0.3, -0.25) is 4.79 Å². The van der Waals surface area contributed by atoms with Gasteiger partial charge in [-0.1, -0.05) is 30.3 Å². The summed E-state index contributed by atoms with van der Waals surface area (Å²) in [6, 6.07) is 22.8. The molecule has 0 aliphatic carbocycles. The molecule has 1 saturated heterocycles. The third kappa shape index (κ3) is 7.01. The average Bonchev–Trinajstić information content (AvgIpc) is 3.04. The van der Waals surface area contributed by atoms with Crippen LogP contribution in [-0.2, 0) is 11.3 Å². The lowest BCUT2D eigenvalue weighted by molar-refractivity contribution is -0.125. The van der Waals surface area contributed by atoms with E-state index >= 15 is 0 Å². The van der Waals surface area contributed by atoms with E-state index in [-0.39, 0.29) is 11.8 Å². The first-order valence-electron chi connectivity index (χ1n) is 13.8. The number of piperidine rings is 1. The van der Waals surface area contributed by atoms with Crippen molar-refractivity contribution in [2.24, 2.45) is 5.92 Å². The van der Waals surface area contributed by atoms with Crippen LogP contribution in [0.4, 0.5) is 17.5 Å². The number of benzene rings is 3. The minimum absolute atomic E-state index is 0.0268. The first kappa shape index (κ1) is 28.5. The predicted molar refractivity (Wildman–Crippen MR) is 161 cm³/mol. The molecule has 1 aromatic heterocycles. The number of carbonyl (C=O) groups is 1. The number of hydrogen-bond donors (Lipinski definition) is 2. The van der Waals surface area contributed by atoms with Gasteiger partial charge in [0.1, 0.15) is 17.3 Å². The molecule has 42 heavy (non-hydrogen) atoms. The fourth-order valence-electron chi connectivity index (χ4n) is 4.94. The van der Waals surface area contributed by atoms with Crippen molar-refractivity contribution in [1.82, 2.24) is 15.3 Å². The smallest absolute Gasteiger partial charge is 0.229 e. The van der Waals surface area contributed by atoms with Crippen molar-refractivity contribution in [2.75, 3.05) is 44.6 Å². The molecule has 2 heterocycles. The lowest BCUT2D eigenvalue weighted by atomic mass is 9.97. The van der Waals surface area contributed by atoms with Crippen molar-refractivity contribution in [2.45, 2.75) is 19.4 Å². The van der Waals surface area contributed by atoms with Crippen LogP contribution in [0.1, 0.15) is 18.4 Å². The second-order valence-corrected chi connectivity index (χ2v) is 9.84. The molecule has 218 valence electrons. The Hall–Kier alpha value is -4.99. The van der Waals surface area contributed by atoms with E-state index in [0.29, 0.717) is 42.0 Å². The van der Waals surface area contributed by atoms with Crippen LogP contribution in [0.25, 0.3) is 0 Å². The zero-order valence-electron chi connectivity index (χ0n) is 24.0. The quantitative estimate of drug-likeness (QED) is 0.240. The molecular formula is C32H35N5O5. The molecule has 0 bridgehead atoms. The van der Waals surface area contributed by atoms with Crippen LogP contribution in [0.2, 0.25) is 0 Å². The second kappa shape index (κ2) is 13.6. The molecular weight excluding hydrogens is 534 g/mol. The van der Waals surface area contributed by atoms with E-state index in [4.69, 9.17) is 23.9 Å². The molecule has 1 atom stereocenters. The van der Waals surface area contributed by atoms with Gasteiger partial charge in [-0.25, -0.2) is 4.98 Å². The van der Waals surface area contributed by atoms with Crippen LogP contribution in [0.3, 0.4) is 0 Å². The number of nitrogens with zero attached hydrogens (tertiary/aromatic N) is 3. The number of carbonyl (C=O) groups excluding carboxylic acids is 1. The molecule has 3 aromatic carbocycles. The molecule has 1 amide bonds. The van der Waals surface area contributed by atoms with E-state index in [9.17, 15) is 4.79 Å². The van der Waals surface area contributed by atoms with Crippen LogP contribution in [-0.4, -0.2) is 50.3 Å². The number of hydrogen-bond acceptors (Lipinski definition) is 9. The Morgan fingerprint density at radius 3 is 2.43 bits per heavy atom. The molecule has 0 saturated carbocycles. The zero-order valence-corrected chi connectivity index (χ0v) is 24.0. The standard InChI is InChI=1S/C32H35N5O5/c1-39-27-18-24(19-28(40-2)30(27)41-3)35-32-33-15-14-29(36-32)37-16-8-10-23(21-37)31(38)34-20-22-9-7-13-26(17-22)42-25-11-5-4-6-12-25/h4-7,9,11-15,17-19,23H,8,10,16,20-21H2,1-3H3,(H,34,38)(H,33,35,36)/t23-/m0/s1. The predicted octanol–water partition coefficient (Wildman–Crippen LogP) is 5.57. The van der Waals surface area contributed by atoms with Gasteiger partial charge in [0.25, 0.3) is 0 Å². The van der Waals surface area contributed by atoms with Crippen LogP contribution in [0.5, 0.6) is 28.7 Å². The van der Waals surface area contributed by atoms with Gasteiger partial charge in [0.05, 0.1) is 27.2 Å². The maximum absolute atomic E-state index is 13.2. The maximum Gasteiger partial charge on any atom is 0.229 e. The zero-order chi connectivity index (χ0) is 29.3. The number of methoxy groups -OCH3 is 3. The highest BCUT2D eigenvalue weighted by Gasteiger charge is 2.27. The third-order valence-electron chi connectivity index (χ3n) is 7.02. The van der Waals surface area contributed by atoms with Crippen molar-refractivity contribution < 1.29 is 23.7 Å². The van der Waals surface area contributed by atoms with Gasteiger partial charge in [-0.05, 0) is 48.7 Å². The van der Waals surface area contributed by atoms with Gasteiger partial charge in [0.15, 0.2) is 11.5 Å². The summed E-state index contributed by atoms with van der Waals surface area (Å²) in [5.41, 5.74) is 1.67. The van der Waals surface area contributed by atoms with Crippen LogP contribution in [0, 0.1) is 5.92 Å². The Kier molecular flexibility index (Phi) is 9.23. The SMILES string of the molecule is COc1cc(Nc2nccc(N3CCC[C@H](C(=O)NCc4cccc(Oc5ccccc5)c4)C3)n2)cc(OC)c1OC. The van der Waals surface area contributed by atoms with Gasteiger partial charge in [-0.15, -0.1) is 0 Å². The molecule has 1 aliphatic rings. The van der Waals surface area contributed by atoms with E-state index in [2.05, 4.69) is 20.5 Å². The summed E-state index contributed by atoms with van der Waals surface area (Å²) in [5.74, 6) is 4.11. The van der Waals surface area contributed by atoms with E-state index < -0.39 is 0 Å². The summed E-state index contributed by atoms with van der Waals surface area (Å²) in [5, 5.41) is 6.33. The molecule has 0 unspecified atom stereocenters. The molecule has 0 radical (unpaired) electrons. The summed E-state index contributed by atoms with van der Waals surface area (Å²) in [6.07, 6.45) is 3.41. The van der Waals surface area contributed by atoms with Gasteiger partial charge >= 0.3 is 0 Å². The molecule has 1 aliphatic heterocycles. The number of anilines is 3. The van der Waals surface area contributed by atoms with E-state index in [1.165, 1.54) is 0 Å². The van der Waals surface area contributed by atoms with E-state index in [1.807, 2.05) is 60.7 Å². The number of nitrogens with one attached hydrogen (secondary N) is 2. The third-order valence-corrected chi connectivity index (χ3v) is 7.02. The fourth-order valence-corrected chi connectivity index (χ4v) is 4.94. The first-order valence-corrected chi connectivity index (χ1v) is 13.8. The normalized spacial score (nSPS) is 14.5. The Balaban J connectivity index is 1.20. The summed E-state index contributed by atoms with van der Waals surface area (Å²) in [4.78, 5) is 24.4. The van der Waals surface area contributed by atoms with Gasteiger partial charge in [0.2, 0.25) is 17.6 Å². The monoisotopic (exact) mass is 569 g/mol. The average molecular weight is 570 g/mol. The van der Waals surface area contributed by atoms with Gasteiger partial charge in [0, 0.05) is 43.7 Å². The summed E-state index contributed by atoms with van der Waals surface area (Å²) in [6.45, 7) is 1.81. The number of para-hydroxylation sites is 1. The molecule has 4 aromatic rings. The summed E-state index contributed by atoms with van der Waals surface area (Å²) < 4.78 is 22.2. The highest BCUT2D eigenvalue weighted by Crippen LogP contribution is 2.40. The second-order valence-electron chi connectivity index (χ2n) is 9.84. The van der Waals surface area contributed by atoms with Crippen LogP contribution in [0.15, 0.2) is 79.0 Å². The Bertz CT molecular complexity index is 1470. The molecule has 10 heteroatoms. The van der Waals surface area contributed by atoms with Crippen molar-refractivity contribution in [3.63, 3.8) is 0 Å². The van der Waals surface area contributed by atoms with Crippen molar-refractivity contribution >= 4 is 23.4 Å². The minimum Gasteiger partial charge on any atom is -0.493 e. The molecule has 1 fully saturated rings. The largest absolute Gasteiger partial charge is 0.493 e. The molecule has 10 nitrogen and oxygen atoms in total. The first-order chi connectivity index (χ1) is 20.6. The lowest BCUT2D eigenvalue weighted by Crippen LogP contribution is -2.43. The summed E-state index contributed by atoms with van der Waals surface area (Å²) in [7, 11) is 4.70. The van der Waals surface area contributed by atoms with Crippen molar-refractivity contribution in [3.8, 4) is 28.7 Å². The number of amides is 1. The van der Waals surface area contributed by atoms with Gasteiger partial charge < -0.3 is 34.5 Å². The highest BCUT2D eigenvalue weighted by atomic mass is 16.5. The fraction of sp³-hybridized carbons (Fsp3) is 0.281. The van der Waals surface area contributed by atoms with Crippen molar-refractivity contribution in [3.05, 3.63) is 84.6 Å². The highest BCUT2D eigenvalue weighted by molar-refractivity contribution is 5.79. The van der Waals surface area contributed by atoms with Gasteiger partial charge in [-0.2, -0.15) is 4.98 Å². The van der Waals surface area contributed by atoms with E-state index in [1.54, 1.807) is 39.7 Å².